The van der Waals surface area contributed by atoms with E-state index in [-0.39, 0.29) is 11.0 Å². The summed E-state index contributed by atoms with van der Waals surface area (Å²) >= 11 is 7.03. The monoisotopic (exact) mass is 293 g/mol. The number of carbonyl (C=O) groups excluding carboxylic acids is 1. The summed E-state index contributed by atoms with van der Waals surface area (Å²) in [5.41, 5.74) is 0.595. The smallest absolute Gasteiger partial charge is 0.252 e. The van der Waals surface area contributed by atoms with Crippen LogP contribution in [0.2, 0.25) is 5.02 Å². The number of Topliss-reactive ketones (excluding diaryl/α,β-unsaturated/α-hetero) is 1. The van der Waals surface area contributed by atoms with E-state index in [4.69, 9.17) is 11.6 Å². The molecule has 1 atom stereocenters. The lowest BCUT2D eigenvalue weighted by Gasteiger charge is -2.10. The van der Waals surface area contributed by atoms with E-state index in [1.165, 1.54) is 18.0 Å². The number of thioether (sulfide) groups is 1. The molecule has 3 nitrogen and oxygen atoms in total. The second-order valence-corrected chi connectivity index (χ2v) is 5.79. The van der Waals surface area contributed by atoms with Crippen molar-refractivity contribution in [1.29, 1.82) is 0 Å². The molecule has 19 heavy (non-hydrogen) atoms. The molecule has 0 saturated heterocycles. The predicted molar refractivity (Wildman–Crippen MR) is 76.5 cm³/mol. The summed E-state index contributed by atoms with van der Waals surface area (Å²) in [4.78, 5) is 12.2. The molecule has 0 aliphatic rings. The summed E-state index contributed by atoms with van der Waals surface area (Å²) in [5, 5.41) is 12.3. The van der Waals surface area contributed by atoms with Crippen molar-refractivity contribution in [3.8, 4) is 0 Å². The maximum atomic E-state index is 12.2. The summed E-state index contributed by atoms with van der Waals surface area (Å²) < 4.78 is 0.760. The zero-order valence-corrected chi connectivity index (χ0v) is 11.8. The molecule has 2 rings (SSSR count). The number of pyridine rings is 1. The second kappa shape index (κ2) is 6.08. The highest BCUT2D eigenvalue weighted by atomic mass is 35.5. The van der Waals surface area contributed by atoms with Gasteiger partial charge in [0.25, 0.3) is 5.03 Å². The van der Waals surface area contributed by atoms with Gasteiger partial charge in [0.15, 0.2) is 12.0 Å². The van der Waals surface area contributed by atoms with Crippen LogP contribution in [0.25, 0.3) is 0 Å². The first-order valence-corrected chi connectivity index (χ1v) is 6.98. The Morgan fingerprint density at radius 3 is 2.58 bits per heavy atom. The van der Waals surface area contributed by atoms with Crippen LogP contribution in [0.15, 0.2) is 53.7 Å². The molecule has 98 valence electrons. The highest BCUT2D eigenvalue weighted by Gasteiger charge is 2.19. The standard InChI is InChI=1S/C14H12ClNO2S/c1-10(19-13-4-2-3-9-16(13)18)14(17)11-5-7-12(15)8-6-11/h2-10H,1H3. The summed E-state index contributed by atoms with van der Waals surface area (Å²) in [6.07, 6.45) is 1.42. The average Bonchev–Trinajstić information content (AvgIpc) is 2.41. The van der Waals surface area contributed by atoms with Gasteiger partial charge in [0.2, 0.25) is 0 Å². The molecule has 1 aromatic heterocycles. The third kappa shape index (κ3) is 3.49. The molecule has 1 unspecified atom stereocenters. The molecule has 5 heteroatoms. The van der Waals surface area contributed by atoms with E-state index in [0.29, 0.717) is 15.6 Å². The van der Waals surface area contributed by atoms with Crippen LogP contribution in [0.5, 0.6) is 0 Å². The lowest BCUT2D eigenvalue weighted by atomic mass is 10.1. The maximum absolute atomic E-state index is 12.2. The maximum Gasteiger partial charge on any atom is 0.252 e. The number of nitrogens with zero attached hydrogens (tertiary/aromatic N) is 1. The van der Waals surface area contributed by atoms with Crippen LogP contribution in [-0.4, -0.2) is 11.0 Å². The molecular formula is C14H12ClNO2S. The molecular weight excluding hydrogens is 282 g/mol. The molecule has 2 aromatic rings. The zero-order chi connectivity index (χ0) is 13.8. The van der Waals surface area contributed by atoms with Gasteiger partial charge < -0.3 is 5.21 Å². The molecule has 0 aliphatic heterocycles. The van der Waals surface area contributed by atoms with E-state index >= 15 is 0 Å². The van der Waals surface area contributed by atoms with E-state index in [0.717, 1.165) is 4.73 Å². The number of hydrogen-bond donors (Lipinski definition) is 0. The Labute approximate surface area is 120 Å². The van der Waals surface area contributed by atoms with Gasteiger partial charge in [-0.1, -0.05) is 11.6 Å². The second-order valence-electron chi connectivity index (χ2n) is 4.00. The molecule has 0 aliphatic carbocycles. The Kier molecular flexibility index (Phi) is 4.45. The highest BCUT2D eigenvalue weighted by Crippen LogP contribution is 2.23. The minimum atomic E-state index is -0.330. The number of rotatable bonds is 4. The minimum absolute atomic E-state index is 0.0227. The lowest BCUT2D eigenvalue weighted by molar-refractivity contribution is -0.645. The molecule has 0 bridgehead atoms. The van der Waals surface area contributed by atoms with Gasteiger partial charge in [-0.05, 0) is 49.0 Å². The van der Waals surface area contributed by atoms with Crippen molar-refractivity contribution in [2.24, 2.45) is 0 Å². The largest absolute Gasteiger partial charge is 0.618 e. The van der Waals surface area contributed by atoms with Gasteiger partial charge in [-0.15, -0.1) is 0 Å². The van der Waals surface area contributed by atoms with Gasteiger partial charge in [-0.3, -0.25) is 4.79 Å². The van der Waals surface area contributed by atoms with E-state index < -0.39 is 0 Å². The van der Waals surface area contributed by atoms with Gasteiger partial charge in [-0.25, -0.2) is 0 Å². The Morgan fingerprint density at radius 2 is 1.95 bits per heavy atom. The molecule has 0 radical (unpaired) electrons. The Morgan fingerprint density at radius 1 is 1.26 bits per heavy atom. The Bertz CT molecular complexity index is 586. The number of aromatic nitrogens is 1. The zero-order valence-electron chi connectivity index (χ0n) is 10.2. The van der Waals surface area contributed by atoms with Crippen molar-refractivity contribution in [1.82, 2.24) is 0 Å². The molecule has 0 fully saturated rings. The van der Waals surface area contributed by atoms with Gasteiger partial charge in [-0.2, -0.15) is 4.73 Å². The minimum Gasteiger partial charge on any atom is -0.618 e. The fourth-order valence-corrected chi connectivity index (χ4v) is 2.64. The van der Waals surface area contributed by atoms with Crippen molar-refractivity contribution in [3.63, 3.8) is 0 Å². The summed E-state index contributed by atoms with van der Waals surface area (Å²) in [7, 11) is 0. The average molecular weight is 294 g/mol. The topological polar surface area (TPSA) is 44.0 Å². The van der Waals surface area contributed by atoms with Crippen LogP contribution in [0.1, 0.15) is 17.3 Å². The molecule has 0 amide bonds. The highest BCUT2D eigenvalue weighted by molar-refractivity contribution is 8.00. The Balaban J connectivity index is 2.12. The van der Waals surface area contributed by atoms with Crippen molar-refractivity contribution in [3.05, 3.63) is 64.5 Å². The first kappa shape index (κ1) is 13.9. The number of benzene rings is 1. The quantitative estimate of drug-likeness (QED) is 0.376. The normalized spacial score (nSPS) is 12.1. The van der Waals surface area contributed by atoms with Crippen LogP contribution < -0.4 is 4.73 Å². The number of hydrogen-bond acceptors (Lipinski definition) is 3. The fraction of sp³-hybridized carbons (Fsp3) is 0.143. The van der Waals surface area contributed by atoms with Crippen LogP contribution in [0.3, 0.4) is 0 Å². The van der Waals surface area contributed by atoms with Gasteiger partial charge in [0.05, 0.1) is 5.25 Å². The van der Waals surface area contributed by atoms with Gasteiger partial charge in [0.1, 0.15) is 0 Å². The predicted octanol–water partition coefficient (Wildman–Crippen LogP) is 3.34. The van der Waals surface area contributed by atoms with Crippen molar-refractivity contribution < 1.29 is 9.52 Å². The first-order valence-electron chi connectivity index (χ1n) is 5.72. The van der Waals surface area contributed by atoms with E-state index in [9.17, 15) is 10.0 Å². The number of ketones is 1. The van der Waals surface area contributed by atoms with Gasteiger partial charge >= 0.3 is 0 Å². The van der Waals surface area contributed by atoms with E-state index in [1.54, 1.807) is 49.4 Å². The third-order valence-corrected chi connectivity index (χ3v) is 3.96. The van der Waals surface area contributed by atoms with Crippen LogP contribution in [-0.2, 0) is 0 Å². The van der Waals surface area contributed by atoms with Crippen LogP contribution in [0.4, 0.5) is 0 Å². The van der Waals surface area contributed by atoms with Crippen molar-refractivity contribution >= 4 is 29.1 Å². The molecule has 1 heterocycles. The number of halogens is 1. The Hall–Kier alpha value is -1.52. The first-order chi connectivity index (χ1) is 9.08. The van der Waals surface area contributed by atoms with Gasteiger partial charge in [0, 0.05) is 22.7 Å². The molecule has 0 saturated carbocycles. The van der Waals surface area contributed by atoms with Crippen molar-refractivity contribution in [2.75, 3.05) is 0 Å². The summed E-state index contributed by atoms with van der Waals surface area (Å²) in [6.45, 7) is 1.79. The summed E-state index contributed by atoms with van der Waals surface area (Å²) in [6, 6.07) is 11.9. The SMILES string of the molecule is CC(Sc1cccc[n+]1[O-])C(=O)c1ccc(Cl)cc1. The fourth-order valence-electron chi connectivity index (χ4n) is 1.59. The van der Waals surface area contributed by atoms with E-state index in [1.807, 2.05) is 0 Å². The van der Waals surface area contributed by atoms with E-state index in [2.05, 4.69) is 0 Å². The molecule has 0 spiro atoms. The summed E-state index contributed by atoms with van der Waals surface area (Å²) in [5.74, 6) is -0.0227. The number of carbonyl (C=O) groups is 1. The molecule has 1 aromatic carbocycles. The van der Waals surface area contributed by atoms with Crippen molar-refractivity contribution in [2.45, 2.75) is 17.2 Å². The third-order valence-electron chi connectivity index (χ3n) is 2.58. The van der Waals surface area contributed by atoms with Crippen LogP contribution >= 0.6 is 23.4 Å². The molecule has 0 N–H and O–H groups in total. The van der Waals surface area contributed by atoms with Crippen LogP contribution in [0, 0.1) is 5.21 Å². The lowest BCUT2D eigenvalue weighted by Crippen LogP contribution is -2.29.